The fraction of sp³-hybridized carbons (Fsp3) is 0.450. The van der Waals surface area contributed by atoms with E-state index in [-0.39, 0.29) is 18.1 Å². The van der Waals surface area contributed by atoms with Crippen molar-refractivity contribution in [3.63, 3.8) is 0 Å². The van der Waals surface area contributed by atoms with Crippen molar-refractivity contribution < 1.29 is 4.79 Å². The number of anilines is 1. The predicted octanol–water partition coefficient (Wildman–Crippen LogP) is 2.30. The van der Waals surface area contributed by atoms with Crippen LogP contribution >= 0.6 is 0 Å². The molecule has 1 saturated heterocycles. The molecule has 136 valence electrons. The van der Waals surface area contributed by atoms with E-state index in [4.69, 9.17) is 0 Å². The van der Waals surface area contributed by atoms with E-state index in [0.29, 0.717) is 0 Å². The number of carbonyl (C=O) groups excluding carboxylic acids is 1. The van der Waals surface area contributed by atoms with Crippen molar-refractivity contribution in [1.29, 1.82) is 0 Å². The van der Waals surface area contributed by atoms with Gasteiger partial charge in [0, 0.05) is 37.6 Å². The van der Waals surface area contributed by atoms with Gasteiger partial charge in [-0.25, -0.2) is 14.8 Å². The molecule has 1 aliphatic carbocycles. The number of hydrogen-bond acceptors (Lipinski definition) is 4. The van der Waals surface area contributed by atoms with Gasteiger partial charge < -0.3 is 15.5 Å². The maximum atomic E-state index is 12.5. The minimum atomic E-state index is -0.0600. The van der Waals surface area contributed by atoms with Crippen LogP contribution in [0.1, 0.15) is 30.4 Å². The summed E-state index contributed by atoms with van der Waals surface area (Å²) in [5.41, 5.74) is 2.77. The molecule has 6 heteroatoms. The molecule has 1 aromatic heterocycles. The summed E-state index contributed by atoms with van der Waals surface area (Å²) < 4.78 is 0. The number of urea groups is 1. The van der Waals surface area contributed by atoms with E-state index < -0.39 is 0 Å². The Morgan fingerprint density at radius 2 is 1.77 bits per heavy atom. The molecule has 26 heavy (non-hydrogen) atoms. The van der Waals surface area contributed by atoms with E-state index in [9.17, 15) is 4.79 Å². The minimum Gasteiger partial charge on any atom is -0.339 e. The maximum absolute atomic E-state index is 12.5. The van der Waals surface area contributed by atoms with Gasteiger partial charge in [-0.3, -0.25) is 0 Å². The molecule has 0 saturated carbocycles. The van der Waals surface area contributed by atoms with Crippen LogP contribution in [0.4, 0.5) is 10.7 Å². The molecule has 2 atom stereocenters. The third-order valence-electron chi connectivity index (χ3n) is 5.27. The lowest BCUT2D eigenvalue weighted by Gasteiger charge is -2.33. The molecule has 0 bridgehead atoms. The number of hydrogen-bond donors (Lipinski definition) is 2. The predicted molar refractivity (Wildman–Crippen MR) is 101 cm³/mol. The van der Waals surface area contributed by atoms with Crippen molar-refractivity contribution in [3.8, 4) is 0 Å². The highest BCUT2D eigenvalue weighted by Crippen LogP contribution is 2.21. The zero-order valence-electron chi connectivity index (χ0n) is 14.9. The van der Waals surface area contributed by atoms with Crippen molar-refractivity contribution in [1.82, 2.24) is 20.6 Å². The summed E-state index contributed by atoms with van der Waals surface area (Å²) in [4.78, 5) is 23.2. The number of aryl methyl sites for hydroxylation is 1. The first-order valence-electron chi connectivity index (χ1n) is 9.44. The lowest BCUT2D eigenvalue weighted by molar-refractivity contribution is 0.229. The average molecular weight is 351 g/mol. The van der Waals surface area contributed by atoms with Crippen molar-refractivity contribution in [2.45, 2.75) is 44.2 Å². The molecule has 1 fully saturated rings. The van der Waals surface area contributed by atoms with Gasteiger partial charge in [-0.1, -0.05) is 24.3 Å². The van der Waals surface area contributed by atoms with Crippen LogP contribution < -0.4 is 15.5 Å². The third-order valence-corrected chi connectivity index (χ3v) is 5.27. The first-order valence-corrected chi connectivity index (χ1v) is 9.44. The van der Waals surface area contributed by atoms with Gasteiger partial charge >= 0.3 is 6.03 Å². The van der Waals surface area contributed by atoms with Crippen molar-refractivity contribution >= 4 is 12.0 Å². The number of fused-ring (bicyclic) bond motifs is 1. The van der Waals surface area contributed by atoms with Gasteiger partial charge in [-0.15, -0.1) is 0 Å². The fourth-order valence-corrected chi connectivity index (χ4v) is 3.96. The molecule has 1 aromatic carbocycles. The molecular weight excluding hydrogens is 326 g/mol. The maximum Gasteiger partial charge on any atom is 0.315 e. The zero-order valence-corrected chi connectivity index (χ0v) is 14.9. The number of aromatic nitrogens is 2. The summed E-state index contributed by atoms with van der Waals surface area (Å²) in [6.45, 7) is 1.69. The molecule has 2 aromatic rings. The van der Waals surface area contributed by atoms with Gasteiger partial charge in [0.1, 0.15) is 0 Å². The second-order valence-electron chi connectivity index (χ2n) is 7.16. The summed E-state index contributed by atoms with van der Waals surface area (Å²) in [7, 11) is 0. The van der Waals surface area contributed by atoms with Crippen LogP contribution in [-0.2, 0) is 12.8 Å². The highest BCUT2D eigenvalue weighted by Gasteiger charge is 2.25. The van der Waals surface area contributed by atoms with Crippen molar-refractivity contribution in [3.05, 3.63) is 53.9 Å². The zero-order chi connectivity index (χ0) is 17.8. The summed E-state index contributed by atoms with van der Waals surface area (Å²) >= 11 is 0. The van der Waals surface area contributed by atoms with E-state index in [0.717, 1.165) is 51.1 Å². The lowest BCUT2D eigenvalue weighted by atomic mass is 9.88. The lowest BCUT2D eigenvalue weighted by Crippen LogP contribution is -2.53. The van der Waals surface area contributed by atoms with Crippen LogP contribution in [0.3, 0.4) is 0 Å². The fourth-order valence-electron chi connectivity index (χ4n) is 3.96. The Morgan fingerprint density at radius 1 is 1.00 bits per heavy atom. The summed E-state index contributed by atoms with van der Waals surface area (Å²) in [5, 5.41) is 6.30. The number of piperidine rings is 1. The number of carbonyl (C=O) groups is 1. The molecule has 4 rings (SSSR count). The average Bonchev–Trinajstić information content (AvgIpc) is 2.69. The van der Waals surface area contributed by atoms with Gasteiger partial charge in [0.25, 0.3) is 0 Å². The summed E-state index contributed by atoms with van der Waals surface area (Å²) in [5.74, 6) is 0.739. The highest BCUT2D eigenvalue weighted by molar-refractivity contribution is 5.74. The van der Waals surface area contributed by atoms with Crippen LogP contribution in [0.15, 0.2) is 42.7 Å². The SMILES string of the molecule is O=C(NC1CCc2ccccc2C1)NC1CCCN(c2ncccn2)C1. The van der Waals surface area contributed by atoms with Crippen molar-refractivity contribution in [2.24, 2.45) is 0 Å². The highest BCUT2D eigenvalue weighted by atomic mass is 16.2. The number of amides is 2. The van der Waals surface area contributed by atoms with E-state index in [1.54, 1.807) is 12.4 Å². The van der Waals surface area contributed by atoms with Crippen LogP contribution in [0.2, 0.25) is 0 Å². The number of nitrogens with zero attached hydrogens (tertiary/aromatic N) is 3. The Bertz CT molecular complexity index is 751. The largest absolute Gasteiger partial charge is 0.339 e. The van der Waals surface area contributed by atoms with Crippen LogP contribution in [0.5, 0.6) is 0 Å². The van der Waals surface area contributed by atoms with Crippen LogP contribution in [0.25, 0.3) is 0 Å². The third kappa shape index (κ3) is 3.95. The van der Waals surface area contributed by atoms with Gasteiger partial charge in [0.15, 0.2) is 0 Å². The van der Waals surface area contributed by atoms with Gasteiger partial charge in [-0.2, -0.15) is 0 Å². The standard InChI is InChI=1S/C20H25N5O/c26-20(23-17-9-8-15-5-1-2-6-16(15)13-17)24-18-7-3-12-25(14-18)19-21-10-4-11-22-19/h1-2,4-6,10-11,17-18H,3,7-9,12-14H2,(H2,23,24,26). The molecule has 2 heterocycles. The van der Waals surface area contributed by atoms with Gasteiger partial charge in [0.05, 0.1) is 0 Å². The molecule has 2 amide bonds. The monoisotopic (exact) mass is 351 g/mol. The smallest absolute Gasteiger partial charge is 0.315 e. The first-order chi connectivity index (χ1) is 12.8. The quantitative estimate of drug-likeness (QED) is 0.890. The molecule has 2 N–H and O–H groups in total. The molecule has 2 unspecified atom stereocenters. The summed E-state index contributed by atoms with van der Waals surface area (Å²) in [6, 6.07) is 10.6. The van der Waals surface area contributed by atoms with E-state index >= 15 is 0 Å². The van der Waals surface area contributed by atoms with Gasteiger partial charge in [0.2, 0.25) is 5.95 Å². The minimum absolute atomic E-state index is 0.0600. The van der Waals surface area contributed by atoms with E-state index in [2.05, 4.69) is 49.8 Å². The second-order valence-corrected chi connectivity index (χ2v) is 7.16. The molecule has 0 spiro atoms. The van der Waals surface area contributed by atoms with E-state index in [1.165, 1.54) is 11.1 Å². The van der Waals surface area contributed by atoms with Gasteiger partial charge in [-0.05, 0) is 49.3 Å². The van der Waals surface area contributed by atoms with E-state index in [1.807, 2.05) is 6.07 Å². The Labute approximate surface area is 154 Å². The number of rotatable bonds is 3. The Hall–Kier alpha value is -2.63. The molecule has 1 aliphatic heterocycles. The number of benzene rings is 1. The molecule has 6 nitrogen and oxygen atoms in total. The topological polar surface area (TPSA) is 70.2 Å². The molecule has 0 radical (unpaired) electrons. The Kier molecular flexibility index (Phi) is 5.00. The Balaban J connectivity index is 1.30. The molecule has 2 aliphatic rings. The summed E-state index contributed by atoms with van der Waals surface area (Å²) in [6.07, 6.45) is 8.48. The van der Waals surface area contributed by atoms with Crippen molar-refractivity contribution in [2.75, 3.05) is 18.0 Å². The van der Waals surface area contributed by atoms with Crippen LogP contribution in [-0.4, -0.2) is 41.2 Å². The Morgan fingerprint density at radius 3 is 2.62 bits per heavy atom. The normalized spacial score (nSPS) is 22.4. The first kappa shape index (κ1) is 16.8. The number of nitrogens with one attached hydrogen (secondary N) is 2. The second kappa shape index (κ2) is 7.72. The van der Waals surface area contributed by atoms with Crippen LogP contribution in [0, 0.1) is 0 Å². The molecular formula is C20H25N5O.